The summed E-state index contributed by atoms with van der Waals surface area (Å²) >= 11 is 0. The van der Waals surface area contributed by atoms with Gasteiger partial charge in [0.25, 0.3) is 5.91 Å². The van der Waals surface area contributed by atoms with Crippen LogP contribution >= 0.6 is 0 Å². The average molecular weight is 562 g/mol. The van der Waals surface area contributed by atoms with Crippen molar-refractivity contribution >= 4 is 39.1 Å². The summed E-state index contributed by atoms with van der Waals surface area (Å²) in [6.45, 7) is 4.32. The number of ether oxygens (including phenoxy) is 2. The molecule has 1 amide bonds. The summed E-state index contributed by atoms with van der Waals surface area (Å²) in [5.74, 6) is -1.15. The minimum absolute atomic E-state index is 0.153. The summed E-state index contributed by atoms with van der Waals surface area (Å²) in [4.78, 5) is 24.1. The largest absolute Gasteiger partial charge is 0.522 e. The molecule has 5 rings (SSSR count). The van der Waals surface area contributed by atoms with Crippen molar-refractivity contribution in [3.05, 3.63) is 48.0 Å². The van der Waals surface area contributed by atoms with Gasteiger partial charge in [-0.15, -0.1) is 13.2 Å². The zero-order valence-corrected chi connectivity index (χ0v) is 21.9. The highest BCUT2D eigenvalue weighted by Gasteiger charge is 2.29. The number of amides is 1. The highest BCUT2D eigenvalue weighted by atomic mass is 19.4. The first-order valence-corrected chi connectivity index (χ1v) is 12.6. The number of carbonyl (C=O) groups is 1. The SMILES string of the molecule is CC1CN(c2ccc(C(=O)Nc3cc(F)c4nn(C)cc4c3)c3nc(OCCOC(F)(F)F)ncc23)CC(C)N1. The van der Waals surface area contributed by atoms with Gasteiger partial charge in [0.05, 0.1) is 17.7 Å². The number of nitrogens with one attached hydrogen (secondary N) is 2. The predicted molar refractivity (Wildman–Crippen MR) is 140 cm³/mol. The molecule has 1 saturated heterocycles. The number of alkyl halides is 3. The van der Waals surface area contributed by atoms with E-state index in [4.69, 9.17) is 4.74 Å². The Hall–Kier alpha value is -4.04. The summed E-state index contributed by atoms with van der Waals surface area (Å²) in [5, 5.41) is 11.3. The van der Waals surface area contributed by atoms with Crippen molar-refractivity contribution < 1.29 is 31.8 Å². The van der Waals surface area contributed by atoms with Crippen molar-refractivity contribution in [1.82, 2.24) is 25.1 Å². The van der Waals surface area contributed by atoms with E-state index in [-0.39, 0.29) is 40.4 Å². The first kappa shape index (κ1) is 27.5. The molecule has 0 radical (unpaired) electrons. The third-order valence-electron chi connectivity index (χ3n) is 6.36. The van der Waals surface area contributed by atoms with Gasteiger partial charge in [0.2, 0.25) is 0 Å². The molecule has 0 aliphatic carbocycles. The Morgan fingerprint density at radius 2 is 1.90 bits per heavy atom. The van der Waals surface area contributed by atoms with E-state index >= 15 is 0 Å². The van der Waals surface area contributed by atoms with Gasteiger partial charge in [-0.3, -0.25) is 14.2 Å². The van der Waals surface area contributed by atoms with Crippen molar-refractivity contribution in [3.63, 3.8) is 0 Å². The fraction of sp³-hybridized carbons (Fsp3) is 0.385. The first-order valence-electron chi connectivity index (χ1n) is 12.6. The zero-order valence-electron chi connectivity index (χ0n) is 21.9. The second-order valence-electron chi connectivity index (χ2n) is 9.72. The monoisotopic (exact) mass is 561 g/mol. The molecule has 0 saturated carbocycles. The number of carbonyl (C=O) groups excluding carboxylic acids is 1. The number of hydrogen-bond donors (Lipinski definition) is 2. The summed E-state index contributed by atoms with van der Waals surface area (Å²) < 4.78 is 62.0. The minimum Gasteiger partial charge on any atom is -0.461 e. The van der Waals surface area contributed by atoms with Crippen LogP contribution in [0.15, 0.2) is 36.7 Å². The lowest BCUT2D eigenvalue weighted by Crippen LogP contribution is -2.54. The molecule has 2 N–H and O–H groups in total. The smallest absolute Gasteiger partial charge is 0.461 e. The molecule has 10 nitrogen and oxygen atoms in total. The summed E-state index contributed by atoms with van der Waals surface area (Å²) in [6.07, 6.45) is -1.68. The molecule has 1 fully saturated rings. The fourth-order valence-corrected chi connectivity index (χ4v) is 4.91. The summed E-state index contributed by atoms with van der Waals surface area (Å²) in [6, 6.07) is 6.38. The normalized spacial score (nSPS) is 17.9. The van der Waals surface area contributed by atoms with Crippen LogP contribution in [0.1, 0.15) is 24.2 Å². The average Bonchev–Trinajstić information content (AvgIpc) is 3.25. The Bertz CT molecular complexity index is 1550. The molecule has 2 atom stereocenters. The molecule has 2 aromatic carbocycles. The third-order valence-corrected chi connectivity index (χ3v) is 6.36. The molecular weight excluding hydrogens is 534 g/mol. The number of benzene rings is 2. The van der Waals surface area contributed by atoms with Gasteiger partial charge >= 0.3 is 12.4 Å². The van der Waals surface area contributed by atoms with Gasteiger partial charge in [-0.1, -0.05) is 0 Å². The van der Waals surface area contributed by atoms with Gasteiger partial charge in [-0.05, 0) is 38.1 Å². The molecule has 4 aromatic rings. The number of halogens is 4. The molecule has 0 spiro atoms. The second kappa shape index (κ2) is 10.8. The van der Waals surface area contributed by atoms with Gasteiger partial charge in [0, 0.05) is 66.8 Å². The number of piperazine rings is 1. The van der Waals surface area contributed by atoms with Crippen LogP contribution < -0.4 is 20.3 Å². The molecule has 212 valence electrons. The van der Waals surface area contributed by atoms with E-state index in [9.17, 15) is 22.4 Å². The lowest BCUT2D eigenvalue weighted by atomic mass is 10.0. The maximum absolute atomic E-state index is 14.6. The Kier molecular flexibility index (Phi) is 7.47. The van der Waals surface area contributed by atoms with Crippen LogP contribution in [-0.4, -0.2) is 70.4 Å². The maximum atomic E-state index is 14.6. The van der Waals surface area contributed by atoms with E-state index in [1.165, 1.54) is 16.9 Å². The highest BCUT2D eigenvalue weighted by molar-refractivity contribution is 6.14. The standard InChI is InChI=1S/C26H27F4N7O3/c1-14-11-37(12-15(2)32-14)21-5-4-18(23-19(21)10-31-25(34-23)39-6-7-40-26(28,29)30)24(38)33-17-8-16-13-36(3)35-22(16)20(27)9-17/h4-5,8-10,13-15,32H,6-7,11-12H2,1-3H3,(H,33,38). The molecular formula is C26H27F4N7O3. The van der Waals surface area contributed by atoms with Gasteiger partial charge in [0.15, 0.2) is 5.82 Å². The van der Waals surface area contributed by atoms with E-state index in [0.29, 0.717) is 23.9 Å². The van der Waals surface area contributed by atoms with Gasteiger partial charge in [0.1, 0.15) is 12.1 Å². The number of fused-ring (bicyclic) bond motifs is 2. The molecule has 1 aliphatic heterocycles. The van der Waals surface area contributed by atoms with Crippen molar-refractivity contribution in [2.24, 2.45) is 7.05 Å². The molecule has 14 heteroatoms. The van der Waals surface area contributed by atoms with Crippen LogP contribution in [0.2, 0.25) is 0 Å². The van der Waals surface area contributed by atoms with Crippen LogP contribution in [0.4, 0.5) is 28.9 Å². The number of nitrogens with zero attached hydrogens (tertiary/aromatic N) is 5. The molecule has 3 heterocycles. The first-order chi connectivity index (χ1) is 19.0. The lowest BCUT2D eigenvalue weighted by molar-refractivity contribution is -0.325. The Labute approximate surface area is 226 Å². The number of rotatable bonds is 7. The van der Waals surface area contributed by atoms with Crippen LogP contribution in [-0.2, 0) is 11.8 Å². The van der Waals surface area contributed by atoms with E-state index in [2.05, 4.69) is 49.2 Å². The van der Waals surface area contributed by atoms with Crippen LogP contribution in [0.3, 0.4) is 0 Å². The van der Waals surface area contributed by atoms with Crippen molar-refractivity contribution in [1.29, 1.82) is 0 Å². The minimum atomic E-state index is -4.79. The quantitative estimate of drug-likeness (QED) is 0.258. The number of anilines is 2. The number of hydrogen-bond acceptors (Lipinski definition) is 8. The lowest BCUT2D eigenvalue weighted by Gasteiger charge is -2.38. The number of aryl methyl sites for hydroxylation is 1. The maximum Gasteiger partial charge on any atom is 0.522 e. The fourth-order valence-electron chi connectivity index (χ4n) is 4.91. The molecule has 2 unspecified atom stereocenters. The molecule has 1 aliphatic rings. The van der Waals surface area contributed by atoms with Gasteiger partial charge < -0.3 is 20.3 Å². The second-order valence-corrected chi connectivity index (χ2v) is 9.72. The van der Waals surface area contributed by atoms with Crippen LogP contribution in [0.5, 0.6) is 6.01 Å². The Morgan fingerprint density at radius 3 is 2.62 bits per heavy atom. The Morgan fingerprint density at radius 1 is 1.15 bits per heavy atom. The van der Waals surface area contributed by atoms with Gasteiger partial charge in [-0.25, -0.2) is 9.37 Å². The zero-order chi connectivity index (χ0) is 28.6. The van der Waals surface area contributed by atoms with E-state index in [1.807, 2.05) is 0 Å². The highest BCUT2D eigenvalue weighted by Crippen LogP contribution is 2.31. The summed E-state index contributed by atoms with van der Waals surface area (Å²) in [5.41, 5.74) is 1.58. The summed E-state index contributed by atoms with van der Waals surface area (Å²) in [7, 11) is 1.67. The van der Waals surface area contributed by atoms with Crippen LogP contribution in [0, 0.1) is 5.82 Å². The van der Waals surface area contributed by atoms with Gasteiger partial charge in [-0.2, -0.15) is 10.1 Å². The van der Waals surface area contributed by atoms with Crippen molar-refractivity contribution in [2.75, 3.05) is 36.5 Å². The van der Waals surface area contributed by atoms with E-state index in [1.54, 1.807) is 31.4 Å². The molecule has 40 heavy (non-hydrogen) atoms. The van der Waals surface area contributed by atoms with E-state index < -0.39 is 31.3 Å². The molecule has 0 bridgehead atoms. The third kappa shape index (κ3) is 6.07. The topological polar surface area (TPSA) is 106 Å². The van der Waals surface area contributed by atoms with Crippen molar-refractivity contribution in [2.45, 2.75) is 32.3 Å². The van der Waals surface area contributed by atoms with Crippen LogP contribution in [0.25, 0.3) is 21.8 Å². The number of aromatic nitrogens is 4. The van der Waals surface area contributed by atoms with Crippen molar-refractivity contribution in [3.8, 4) is 6.01 Å². The predicted octanol–water partition coefficient (Wildman–Crippen LogP) is 4.01. The van der Waals surface area contributed by atoms with E-state index in [0.717, 1.165) is 5.69 Å². The Balaban J connectivity index is 1.48. The molecule has 2 aromatic heterocycles.